The van der Waals surface area contributed by atoms with E-state index in [1.54, 1.807) is 30.0 Å². The maximum absolute atomic E-state index is 13.2. The number of benzene rings is 1. The first-order valence-electron chi connectivity index (χ1n) is 5.92. The van der Waals surface area contributed by atoms with E-state index in [1.165, 1.54) is 6.07 Å². The van der Waals surface area contributed by atoms with Crippen LogP contribution in [0.25, 0.3) is 0 Å². The highest BCUT2D eigenvalue weighted by Crippen LogP contribution is 2.15. The number of aliphatic hydroxyl groups excluding tert-OH is 1. The van der Waals surface area contributed by atoms with E-state index in [2.05, 4.69) is 12.2 Å². The van der Waals surface area contributed by atoms with Crippen LogP contribution >= 0.6 is 11.8 Å². The van der Waals surface area contributed by atoms with Gasteiger partial charge in [0, 0.05) is 18.3 Å². The molecule has 1 rings (SSSR count). The summed E-state index contributed by atoms with van der Waals surface area (Å²) in [4.78, 5) is 0. The molecule has 0 saturated carbocycles. The first-order valence-corrected chi connectivity index (χ1v) is 7.21. The third kappa shape index (κ3) is 5.71. The number of hydrogen-bond donors (Lipinski definition) is 2. The average molecular weight is 273 g/mol. The van der Waals surface area contributed by atoms with Crippen LogP contribution in [0.15, 0.2) is 24.3 Å². The molecule has 2 atom stereocenters. The molecule has 0 heterocycles. The summed E-state index contributed by atoms with van der Waals surface area (Å²) in [5.41, 5.74) is 0. The Morgan fingerprint density at radius 1 is 1.39 bits per heavy atom. The summed E-state index contributed by atoms with van der Waals surface area (Å²) >= 11 is 1.76. The molecule has 1 aromatic carbocycles. The fourth-order valence-electron chi connectivity index (χ4n) is 1.34. The fourth-order valence-corrected chi connectivity index (χ4v) is 1.63. The lowest BCUT2D eigenvalue weighted by atomic mass is 10.3. The third-order valence-electron chi connectivity index (χ3n) is 2.48. The van der Waals surface area contributed by atoms with Crippen molar-refractivity contribution >= 4 is 11.8 Å². The number of rotatable bonds is 8. The maximum Gasteiger partial charge on any atom is 0.165 e. The zero-order valence-corrected chi connectivity index (χ0v) is 11.5. The van der Waals surface area contributed by atoms with Crippen LogP contribution in [0, 0.1) is 5.82 Å². The SMILES string of the molecule is CSC(C)CNCC(O)COc1ccccc1F. The lowest BCUT2D eigenvalue weighted by Crippen LogP contribution is -2.34. The Labute approximate surface area is 112 Å². The van der Waals surface area contributed by atoms with Gasteiger partial charge in [-0.2, -0.15) is 11.8 Å². The Bertz CT molecular complexity index is 352. The number of ether oxygens (including phenoxy) is 1. The monoisotopic (exact) mass is 273 g/mol. The van der Waals surface area contributed by atoms with Crippen molar-refractivity contribution in [2.45, 2.75) is 18.3 Å². The van der Waals surface area contributed by atoms with E-state index in [0.29, 0.717) is 11.8 Å². The van der Waals surface area contributed by atoms with Crippen molar-refractivity contribution in [3.05, 3.63) is 30.1 Å². The van der Waals surface area contributed by atoms with E-state index in [1.807, 2.05) is 6.26 Å². The lowest BCUT2D eigenvalue weighted by Gasteiger charge is -2.15. The summed E-state index contributed by atoms with van der Waals surface area (Å²) in [6.45, 7) is 3.47. The van der Waals surface area contributed by atoms with Gasteiger partial charge >= 0.3 is 0 Å². The molecule has 0 bridgehead atoms. The van der Waals surface area contributed by atoms with Crippen molar-refractivity contribution in [2.24, 2.45) is 0 Å². The van der Waals surface area contributed by atoms with Crippen molar-refractivity contribution in [3.63, 3.8) is 0 Å². The Kier molecular flexibility index (Phi) is 7.08. The molecule has 0 amide bonds. The maximum atomic E-state index is 13.2. The van der Waals surface area contributed by atoms with Crippen LogP contribution in [-0.4, -0.2) is 42.4 Å². The van der Waals surface area contributed by atoms with E-state index >= 15 is 0 Å². The van der Waals surface area contributed by atoms with Crippen molar-refractivity contribution in [3.8, 4) is 5.75 Å². The van der Waals surface area contributed by atoms with Gasteiger partial charge in [-0.3, -0.25) is 0 Å². The van der Waals surface area contributed by atoms with Gasteiger partial charge in [-0.05, 0) is 18.4 Å². The molecule has 0 aromatic heterocycles. The van der Waals surface area contributed by atoms with Gasteiger partial charge in [0.2, 0.25) is 0 Å². The van der Waals surface area contributed by atoms with Crippen LogP contribution in [0.3, 0.4) is 0 Å². The Morgan fingerprint density at radius 2 is 2.11 bits per heavy atom. The normalized spacial score (nSPS) is 14.2. The molecule has 2 unspecified atom stereocenters. The Hall–Kier alpha value is -0.780. The molecule has 0 spiro atoms. The summed E-state index contributed by atoms with van der Waals surface area (Å²) in [6, 6.07) is 6.18. The summed E-state index contributed by atoms with van der Waals surface area (Å²) < 4.78 is 18.4. The van der Waals surface area contributed by atoms with Gasteiger partial charge in [-0.1, -0.05) is 19.1 Å². The predicted octanol–water partition coefficient (Wildman–Crippen LogP) is 1.91. The molecule has 0 fully saturated rings. The van der Waals surface area contributed by atoms with Crippen LogP contribution in [-0.2, 0) is 0 Å². The molecular weight excluding hydrogens is 253 g/mol. The van der Waals surface area contributed by atoms with Crippen molar-refractivity contribution < 1.29 is 14.2 Å². The molecular formula is C13H20FNO2S. The van der Waals surface area contributed by atoms with Crippen molar-refractivity contribution in [2.75, 3.05) is 26.0 Å². The van der Waals surface area contributed by atoms with E-state index < -0.39 is 11.9 Å². The molecule has 102 valence electrons. The summed E-state index contributed by atoms with van der Waals surface area (Å²) in [7, 11) is 0. The second kappa shape index (κ2) is 8.34. The van der Waals surface area contributed by atoms with Gasteiger partial charge in [-0.25, -0.2) is 4.39 Å². The quantitative estimate of drug-likeness (QED) is 0.759. The van der Waals surface area contributed by atoms with Crippen LogP contribution in [0.2, 0.25) is 0 Å². The number of aliphatic hydroxyl groups is 1. The predicted molar refractivity (Wildman–Crippen MR) is 73.7 cm³/mol. The minimum Gasteiger partial charge on any atom is -0.488 e. The molecule has 0 radical (unpaired) electrons. The summed E-state index contributed by atoms with van der Waals surface area (Å²) in [6.07, 6.45) is 1.41. The van der Waals surface area contributed by atoms with Crippen LogP contribution in [0.4, 0.5) is 4.39 Å². The van der Waals surface area contributed by atoms with E-state index in [9.17, 15) is 9.50 Å². The molecule has 0 saturated heterocycles. The Morgan fingerprint density at radius 3 is 2.78 bits per heavy atom. The fraction of sp³-hybridized carbons (Fsp3) is 0.538. The largest absolute Gasteiger partial charge is 0.488 e. The molecule has 2 N–H and O–H groups in total. The molecule has 18 heavy (non-hydrogen) atoms. The van der Waals surface area contributed by atoms with Gasteiger partial charge in [0.15, 0.2) is 11.6 Å². The molecule has 0 aliphatic carbocycles. The van der Waals surface area contributed by atoms with E-state index in [0.717, 1.165) is 6.54 Å². The molecule has 1 aromatic rings. The topological polar surface area (TPSA) is 41.5 Å². The summed E-state index contributed by atoms with van der Waals surface area (Å²) in [5, 5.41) is 13.3. The number of para-hydroxylation sites is 1. The first kappa shape index (κ1) is 15.3. The second-order valence-corrected chi connectivity index (χ2v) is 5.38. The van der Waals surface area contributed by atoms with Gasteiger partial charge in [0.05, 0.1) is 0 Å². The molecule has 3 nitrogen and oxygen atoms in total. The van der Waals surface area contributed by atoms with E-state index in [4.69, 9.17) is 4.74 Å². The van der Waals surface area contributed by atoms with Gasteiger partial charge in [-0.15, -0.1) is 0 Å². The first-order chi connectivity index (χ1) is 8.63. The van der Waals surface area contributed by atoms with Crippen molar-refractivity contribution in [1.29, 1.82) is 0 Å². The number of hydrogen-bond acceptors (Lipinski definition) is 4. The average Bonchev–Trinajstić information content (AvgIpc) is 2.37. The minimum atomic E-state index is -0.640. The molecule has 5 heteroatoms. The zero-order chi connectivity index (χ0) is 13.4. The standard InChI is InChI=1S/C13H20FNO2S/c1-10(18-2)7-15-8-11(16)9-17-13-6-4-3-5-12(13)14/h3-6,10-11,15-16H,7-9H2,1-2H3. The lowest BCUT2D eigenvalue weighted by molar-refractivity contribution is 0.104. The highest BCUT2D eigenvalue weighted by atomic mass is 32.2. The number of thioether (sulfide) groups is 1. The minimum absolute atomic E-state index is 0.0849. The zero-order valence-electron chi connectivity index (χ0n) is 10.7. The van der Waals surface area contributed by atoms with Crippen LogP contribution in [0.5, 0.6) is 5.75 Å². The van der Waals surface area contributed by atoms with Gasteiger partial charge < -0.3 is 15.2 Å². The highest BCUT2D eigenvalue weighted by Gasteiger charge is 2.08. The Balaban J connectivity index is 2.21. The number of nitrogens with one attached hydrogen (secondary N) is 1. The third-order valence-corrected chi connectivity index (χ3v) is 3.45. The summed E-state index contributed by atoms with van der Waals surface area (Å²) in [5.74, 6) is -0.234. The van der Waals surface area contributed by atoms with Crippen molar-refractivity contribution in [1.82, 2.24) is 5.32 Å². The van der Waals surface area contributed by atoms with Crippen LogP contribution < -0.4 is 10.1 Å². The number of halogens is 1. The second-order valence-electron chi connectivity index (χ2n) is 4.10. The highest BCUT2D eigenvalue weighted by molar-refractivity contribution is 7.99. The van der Waals surface area contributed by atoms with Gasteiger partial charge in [0.1, 0.15) is 12.7 Å². The smallest absolute Gasteiger partial charge is 0.165 e. The molecule has 0 aliphatic rings. The van der Waals surface area contributed by atoms with E-state index in [-0.39, 0.29) is 12.4 Å². The molecule has 0 aliphatic heterocycles. The van der Waals surface area contributed by atoms with Crippen LogP contribution in [0.1, 0.15) is 6.92 Å². The van der Waals surface area contributed by atoms with Gasteiger partial charge in [0.25, 0.3) is 0 Å².